The van der Waals surface area contributed by atoms with Gasteiger partial charge in [-0.05, 0) is 26.0 Å². The number of piperidine rings is 1. The maximum atomic E-state index is 13.1. The molecule has 2 aliphatic heterocycles. The zero-order valence-electron chi connectivity index (χ0n) is 14.9. The zero-order chi connectivity index (χ0) is 18.1. The molecular formula is C19H23N5O2. The molecule has 0 unspecified atom stereocenters. The molecule has 7 nitrogen and oxygen atoms in total. The minimum absolute atomic E-state index is 0.00859. The van der Waals surface area contributed by atoms with Gasteiger partial charge in [0.2, 0.25) is 5.91 Å². The van der Waals surface area contributed by atoms with Crippen LogP contribution in [0.2, 0.25) is 0 Å². The summed E-state index contributed by atoms with van der Waals surface area (Å²) in [6.45, 7) is 2.68. The van der Waals surface area contributed by atoms with E-state index in [-0.39, 0.29) is 11.8 Å². The minimum atomic E-state index is -0.477. The number of H-pyrrole nitrogens is 1. The number of imidazole rings is 1. The van der Waals surface area contributed by atoms with Crippen LogP contribution in [0.3, 0.4) is 0 Å². The Hall–Kier alpha value is -2.67. The van der Waals surface area contributed by atoms with Gasteiger partial charge in [0.25, 0.3) is 5.91 Å². The van der Waals surface area contributed by atoms with E-state index in [4.69, 9.17) is 0 Å². The van der Waals surface area contributed by atoms with Crippen molar-refractivity contribution in [3.8, 4) is 11.4 Å². The third kappa shape index (κ3) is 2.68. The van der Waals surface area contributed by atoms with Gasteiger partial charge in [0.1, 0.15) is 11.4 Å². The molecule has 2 fully saturated rings. The summed E-state index contributed by atoms with van der Waals surface area (Å²) in [4.78, 5) is 36.9. The van der Waals surface area contributed by atoms with Gasteiger partial charge in [0, 0.05) is 44.1 Å². The number of aromatic amines is 1. The molecule has 0 aliphatic carbocycles. The van der Waals surface area contributed by atoms with Crippen LogP contribution in [0.4, 0.5) is 0 Å². The van der Waals surface area contributed by atoms with Crippen molar-refractivity contribution in [2.45, 2.75) is 18.4 Å². The Morgan fingerprint density at radius 2 is 1.96 bits per heavy atom. The number of likely N-dealkylation sites (N-methyl/N-ethyl adjacent to an activating group) is 1. The molecule has 2 N–H and O–H groups in total. The number of amides is 2. The molecule has 2 aromatic rings. The number of hydrogen-bond acceptors (Lipinski definition) is 4. The van der Waals surface area contributed by atoms with Crippen molar-refractivity contribution in [3.63, 3.8) is 0 Å². The monoisotopic (exact) mass is 353 g/mol. The predicted octanol–water partition coefficient (Wildman–Crippen LogP) is 1.11. The van der Waals surface area contributed by atoms with Gasteiger partial charge in [-0.3, -0.25) is 14.5 Å². The van der Waals surface area contributed by atoms with Crippen LogP contribution in [0.25, 0.3) is 11.4 Å². The lowest BCUT2D eigenvalue weighted by molar-refractivity contribution is -0.139. The van der Waals surface area contributed by atoms with Gasteiger partial charge >= 0.3 is 0 Å². The smallest absolute Gasteiger partial charge is 0.254 e. The van der Waals surface area contributed by atoms with E-state index < -0.39 is 5.54 Å². The number of nitrogens with one attached hydrogen (secondary N) is 2. The van der Waals surface area contributed by atoms with Crippen molar-refractivity contribution >= 4 is 11.8 Å². The fourth-order valence-corrected chi connectivity index (χ4v) is 4.04. The summed E-state index contributed by atoms with van der Waals surface area (Å²) >= 11 is 0. The fourth-order valence-electron chi connectivity index (χ4n) is 4.04. The first kappa shape index (κ1) is 16.8. The van der Waals surface area contributed by atoms with Gasteiger partial charge in [0.05, 0.1) is 5.56 Å². The van der Waals surface area contributed by atoms with Crippen LogP contribution in [0.15, 0.2) is 36.7 Å². The van der Waals surface area contributed by atoms with Gasteiger partial charge in [-0.2, -0.15) is 0 Å². The van der Waals surface area contributed by atoms with Crippen LogP contribution >= 0.6 is 0 Å². The summed E-state index contributed by atoms with van der Waals surface area (Å²) in [6.07, 6.45) is 4.74. The van der Waals surface area contributed by atoms with Gasteiger partial charge in [-0.25, -0.2) is 4.98 Å². The zero-order valence-corrected chi connectivity index (χ0v) is 14.9. The summed E-state index contributed by atoms with van der Waals surface area (Å²) in [5.74, 6) is 0.772. The molecule has 0 bridgehead atoms. The van der Waals surface area contributed by atoms with Gasteiger partial charge in [0.15, 0.2) is 0 Å². The lowest BCUT2D eigenvalue weighted by atomic mass is 9.83. The van der Waals surface area contributed by atoms with E-state index in [0.29, 0.717) is 43.9 Å². The Morgan fingerprint density at radius 1 is 1.19 bits per heavy atom. The van der Waals surface area contributed by atoms with Crippen LogP contribution in [0.1, 0.15) is 23.2 Å². The Balaban J connectivity index is 1.54. The van der Waals surface area contributed by atoms with Crippen molar-refractivity contribution in [1.29, 1.82) is 0 Å². The molecule has 2 aliphatic rings. The largest absolute Gasteiger partial charge is 0.353 e. The van der Waals surface area contributed by atoms with Crippen molar-refractivity contribution in [2.75, 3.05) is 33.2 Å². The molecule has 4 rings (SSSR count). The molecule has 3 heterocycles. The number of rotatable bonds is 2. The lowest BCUT2D eigenvalue weighted by Gasteiger charge is -2.48. The number of benzene rings is 1. The second-order valence-corrected chi connectivity index (χ2v) is 6.98. The third-order valence-corrected chi connectivity index (χ3v) is 5.67. The van der Waals surface area contributed by atoms with Gasteiger partial charge in [-0.1, -0.05) is 18.2 Å². The van der Waals surface area contributed by atoms with E-state index in [0.717, 1.165) is 12.1 Å². The molecule has 2 amide bonds. The minimum Gasteiger partial charge on any atom is -0.353 e. The number of carbonyl (C=O) groups is 2. The maximum absolute atomic E-state index is 13.1. The molecule has 7 heteroatoms. The Morgan fingerprint density at radius 3 is 2.65 bits per heavy atom. The SMILES string of the molecule is CN1CCNC(=O)C12CCN(C(=O)c1ccccc1-c1ncc[nH]1)CC2. The molecule has 1 aromatic heterocycles. The molecule has 26 heavy (non-hydrogen) atoms. The van der Waals surface area contributed by atoms with Crippen molar-refractivity contribution in [1.82, 2.24) is 25.1 Å². The highest BCUT2D eigenvalue weighted by atomic mass is 16.2. The number of piperazine rings is 1. The maximum Gasteiger partial charge on any atom is 0.254 e. The number of aromatic nitrogens is 2. The van der Waals surface area contributed by atoms with E-state index >= 15 is 0 Å². The first-order chi connectivity index (χ1) is 12.6. The average Bonchev–Trinajstić information content (AvgIpc) is 3.21. The standard InChI is InChI=1S/C19H23N5O2/c1-23-13-10-22-18(26)19(23)6-11-24(12-7-19)17(25)15-5-3-2-4-14(15)16-20-8-9-21-16/h2-5,8-9H,6-7,10-13H2,1H3,(H,20,21)(H,22,26). The fraction of sp³-hybridized carbons (Fsp3) is 0.421. The van der Waals surface area contributed by atoms with Crippen LogP contribution in [-0.2, 0) is 4.79 Å². The predicted molar refractivity (Wildman–Crippen MR) is 97.5 cm³/mol. The molecule has 2 saturated heterocycles. The van der Waals surface area contributed by atoms with E-state index in [1.54, 1.807) is 12.4 Å². The highest BCUT2D eigenvalue weighted by Crippen LogP contribution is 2.31. The molecule has 0 atom stereocenters. The molecular weight excluding hydrogens is 330 g/mol. The van der Waals surface area contributed by atoms with E-state index in [9.17, 15) is 9.59 Å². The van der Waals surface area contributed by atoms with Crippen molar-refractivity contribution < 1.29 is 9.59 Å². The quantitative estimate of drug-likeness (QED) is 0.848. The summed E-state index contributed by atoms with van der Waals surface area (Å²) < 4.78 is 0. The number of carbonyl (C=O) groups excluding carboxylic acids is 2. The summed E-state index contributed by atoms with van der Waals surface area (Å²) in [7, 11) is 2.00. The van der Waals surface area contributed by atoms with Crippen LogP contribution in [0, 0.1) is 0 Å². The Bertz CT molecular complexity index is 809. The highest BCUT2D eigenvalue weighted by molar-refractivity contribution is 6.00. The molecule has 0 radical (unpaired) electrons. The average molecular weight is 353 g/mol. The van der Waals surface area contributed by atoms with Crippen LogP contribution < -0.4 is 5.32 Å². The Labute approximate surface area is 152 Å². The second kappa shape index (κ2) is 6.57. The molecule has 136 valence electrons. The summed E-state index contributed by atoms with van der Waals surface area (Å²) in [5.41, 5.74) is 0.963. The molecule has 1 spiro atoms. The topological polar surface area (TPSA) is 81.3 Å². The van der Waals surface area contributed by atoms with E-state index in [1.165, 1.54) is 0 Å². The van der Waals surface area contributed by atoms with E-state index in [2.05, 4.69) is 20.2 Å². The lowest BCUT2D eigenvalue weighted by Crippen LogP contribution is -2.67. The molecule has 1 aromatic carbocycles. The number of hydrogen-bond donors (Lipinski definition) is 2. The van der Waals surface area contributed by atoms with E-state index in [1.807, 2.05) is 36.2 Å². The number of likely N-dealkylation sites (tertiary alicyclic amines) is 1. The molecule has 0 saturated carbocycles. The first-order valence-corrected chi connectivity index (χ1v) is 8.99. The number of nitrogens with zero attached hydrogens (tertiary/aromatic N) is 3. The van der Waals surface area contributed by atoms with Crippen LogP contribution in [0.5, 0.6) is 0 Å². The Kier molecular flexibility index (Phi) is 4.24. The van der Waals surface area contributed by atoms with Gasteiger partial charge < -0.3 is 15.2 Å². The third-order valence-electron chi connectivity index (χ3n) is 5.67. The van der Waals surface area contributed by atoms with Gasteiger partial charge in [-0.15, -0.1) is 0 Å². The van der Waals surface area contributed by atoms with Crippen molar-refractivity contribution in [2.24, 2.45) is 0 Å². The normalized spacial score (nSPS) is 20.2. The second-order valence-electron chi connectivity index (χ2n) is 6.98. The first-order valence-electron chi connectivity index (χ1n) is 8.99. The summed E-state index contributed by atoms with van der Waals surface area (Å²) in [5, 5.41) is 2.98. The van der Waals surface area contributed by atoms with Crippen LogP contribution in [-0.4, -0.2) is 70.3 Å². The van der Waals surface area contributed by atoms with Crippen molar-refractivity contribution in [3.05, 3.63) is 42.2 Å². The highest BCUT2D eigenvalue weighted by Gasteiger charge is 2.47. The summed E-state index contributed by atoms with van der Waals surface area (Å²) in [6, 6.07) is 7.51.